The molecule has 11 heteroatoms. The molecular formula is C25H32Cl3NO6S. The van der Waals surface area contributed by atoms with Crippen LogP contribution in [0.3, 0.4) is 0 Å². The van der Waals surface area contributed by atoms with E-state index in [2.05, 4.69) is 0 Å². The van der Waals surface area contributed by atoms with Crippen molar-refractivity contribution in [2.75, 3.05) is 31.9 Å². The Morgan fingerprint density at radius 1 is 1.06 bits per heavy atom. The monoisotopic (exact) mass is 579 g/mol. The third-order valence-corrected chi connectivity index (χ3v) is 7.94. The number of aliphatic hydroxyl groups excluding tert-OH is 1. The van der Waals surface area contributed by atoms with Gasteiger partial charge >= 0.3 is 0 Å². The largest absolute Gasteiger partial charge is 0.491 e. The number of alkyl halides is 1. The lowest BCUT2D eigenvalue weighted by Crippen LogP contribution is -2.41. The number of amides is 1. The van der Waals surface area contributed by atoms with E-state index in [1.807, 2.05) is 45.0 Å². The summed E-state index contributed by atoms with van der Waals surface area (Å²) in [6, 6.07) is 10.9. The summed E-state index contributed by atoms with van der Waals surface area (Å²) in [4.78, 5) is 11.5. The fourth-order valence-corrected chi connectivity index (χ4v) is 4.99. The summed E-state index contributed by atoms with van der Waals surface area (Å²) in [5, 5.41) is 11.0. The van der Waals surface area contributed by atoms with Crippen molar-refractivity contribution in [1.29, 1.82) is 0 Å². The maximum absolute atomic E-state index is 11.7. The molecule has 0 aliphatic heterocycles. The fourth-order valence-electron chi connectivity index (χ4n) is 3.40. The van der Waals surface area contributed by atoms with E-state index in [-0.39, 0.29) is 19.1 Å². The second kappa shape index (κ2) is 12.7. The molecule has 2 aromatic rings. The Hall–Kier alpha value is -1.71. The molecule has 0 fully saturated rings. The van der Waals surface area contributed by atoms with Crippen LogP contribution in [0.4, 0.5) is 0 Å². The van der Waals surface area contributed by atoms with Gasteiger partial charge in [-0.3, -0.25) is 4.79 Å². The molecule has 0 spiro atoms. The first-order valence-corrected chi connectivity index (χ1v) is 14.4. The third-order valence-electron chi connectivity index (χ3n) is 5.64. The van der Waals surface area contributed by atoms with Crippen LogP contribution in [0.15, 0.2) is 36.4 Å². The van der Waals surface area contributed by atoms with Crippen molar-refractivity contribution in [3.8, 4) is 11.5 Å². The van der Waals surface area contributed by atoms with Crippen LogP contribution in [0.1, 0.15) is 38.8 Å². The molecule has 1 N–H and O–H groups in total. The molecule has 200 valence electrons. The highest BCUT2D eigenvalue weighted by Crippen LogP contribution is 2.40. The van der Waals surface area contributed by atoms with Gasteiger partial charge in [0.1, 0.15) is 18.5 Å². The number of halogens is 3. The number of sulfonamides is 1. The van der Waals surface area contributed by atoms with Crippen LogP contribution in [-0.4, -0.2) is 61.7 Å². The van der Waals surface area contributed by atoms with Crippen molar-refractivity contribution >= 4 is 50.7 Å². The summed E-state index contributed by atoms with van der Waals surface area (Å²) >= 11 is 18.8. The first-order valence-electron chi connectivity index (χ1n) is 11.2. The Morgan fingerprint density at radius 2 is 1.61 bits per heavy atom. The highest BCUT2D eigenvalue weighted by molar-refractivity contribution is 7.88. The summed E-state index contributed by atoms with van der Waals surface area (Å²) in [7, 11) is -3.77. The van der Waals surface area contributed by atoms with Gasteiger partial charge in [-0.2, -0.15) is 0 Å². The lowest BCUT2D eigenvalue weighted by Gasteiger charge is -2.27. The van der Waals surface area contributed by atoms with Gasteiger partial charge in [0.05, 0.1) is 29.5 Å². The zero-order valence-electron chi connectivity index (χ0n) is 20.9. The molecule has 0 saturated carbocycles. The maximum atomic E-state index is 11.7. The van der Waals surface area contributed by atoms with E-state index >= 15 is 0 Å². The number of hydrogen-bond acceptors (Lipinski definition) is 6. The minimum atomic E-state index is -3.77. The second-order valence-electron chi connectivity index (χ2n) is 9.27. The average molecular weight is 581 g/mol. The molecule has 0 bridgehead atoms. The molecule has 0 aromatic heterocycles. The zero-order valence-corrected chi connectivity index (χ0v) is 24.0. The summed E-state index contributed by atoms with van der Waals surface area (Å²) in [6.45, 7) is 7.00. The van der Waals surface area contributed by atoms with E-state index in [0.29, 0.717) is 38.3 Å². The topological polar surface area (TPSA) is 93.1 Å². The molecule has 0 unspecified atom stereocenters. The highest BCUT2D eigenvalue weighted by Gasteiger charge is 2.26. The van der Waals surface area contributed by atoms with Crippen molar-refractivity contribution < 1.29 is 27.8 Å². The number of hydrogen-bond donors (Lipinski definition) is 1. The van der Waals surface area contributed by atoms with Crippen molar-refractivity contribution in [2.45, 2.75) is 39.2 Å². The maximum Gasteiger partial charge on any atom is 0.234 e. The summed E-state index contributed by atoms with van der Waals surface area (Å²) < 4.78 is 35.3. The standard InChI is InChI=1S/C25H32Cl3NO6S/c1-16(12-26)14-35-24-22(27)10-19(11-23(24)28)25(3,4)18-6-8-21(9-7-18)34-15-20(31)13-29(17(2)30)36(5,32)33/h6-11,16,20,31H,12-15H2,1-5H3/t16-,20+/m0/s1. The van der Waals surface area contributed by atoms with Crippen molar-refractivity contribution in [1.82, 2.24) is 4.31 Å². The summed E-state index contributed by atoms with van der Waals surface area (Å²) in [6.07, 6.45) is -0.275. The van der Waals surface area contributed by atoms with E-state index in [4.69, 9.17) is 44.3 Å². The summed E-state index contributed by atoms with van der Waals surface area (Å²) in [5.74, 6) is 0.862. The molecule has 0 aliphatic carbocycles. The predicted octanol–water partition coefficient (Wildman–Crippen LogP) is 5.12. The molecule has 36 heavy (non-hydrogen) atoms. The van der Waals surface area contributed by atoms with Gasteiger partial charge in [-0.05, 0) is 35.4 Å². The fraction of sp³-hybridized carbons (Fsp3) is 0.480. The SMILES string of the molecule is CC(=O)N(C[C@@H](O)COc1ccc(C(C)(C)c2cc(Cl)c(OC[C@@H](C)CCl)c(Cl)c2)cc1)S(C)(=O)=O. The Morgan fingerprint density at radius 3 is 2.08 bits per heavy atom. The molecule has 0 heterocycles. The minimum absolute atomic E-state index is 0.157. The lowest BCUT2D eigenvalue weighted by atomic mass is 9.78. The van der Waals surface area contributed by atoms with Crippen LogP contribution in [0, 0.1) is 5.92 Å². The van der Waals surface area contributed by atoms with Gasteiger partial charge in [-0.25, -0.2) is 12.7 Å². The number of carbonyl (C=O) groups excluding carboxylic acids is 1. The molecule has 0 aliphatic rings. The van der Waals surface area contributed by atoms with Crippen LogP contribution < -0.4 is 9.47 Å². The third kappa shape index (κ3) is 8.15. The predicted molar refractivity (Wildman–Crippen MR) is 144 cm³/mol. The molecule has 7 nitrogen and oxygen atoms in total. The first kappa shape index (κ1) is 30.5. The van der Waals surface area contributed by atoms with Gasteiger partial charge < -0.3 is 14.6 Å². The molecule has 2 rings (SSSR count). The Labute approximate surface area is 228 Å². The van der Waals surface area contributed by atoms with Gasteiger partial charge in [-0.1, -0.05) is 56.1 Å². The highest BCUT2D eigenvalue weighted by atomic mass is 35.5. The van der Waals surface area contributed by atoms with E-state index in [1.54, 1.807) is 12.1 Å². The average Bonchev–Trinajstić information content (AvgIpc) is 2.79. The van der Waals surface area contributed by atoms with Crippen LogP contribution >= 0.6 is 34.8 Å². The van der Waals surface area contributed by atoms with Crippen molar-refractivity contribution in [2.24, 2.45) is 5.92 Å². The molecule has 1 amide bonds. The molecule has 2 atom stereocenters. The first-order chi connectivity index (χ1) is 16.7. The van der Waals surface area contributed by atoms with Gasteiger partial charge in [-0.15, -0.1) is 11.6 Å². The number of benzene rings is 2. The number of nitrogens with zero attached hydrogens (tertiary/aromatic N) is 1. The minimum Gasteiger partial charge on any atom is -0.491 e. The van der Waals surface area contributed by atoms with Crippen LogP contribution in [0.5, 0.6) is 11.5 Å². The Bertz CT molecular complexity index is 1130. The summed E-state index contributed by atoms with van der Waals surface area (Å²) in [5.41, 5.74) is 1.40. The van der Waals surface area contributed by atoms with Crippen LogP contribution in [0.2, 0.25) is 10.0 Å². The smallest absolute Gasteiger partial charge is 0.234 e. The number of carbonyl (C=O) groups is 1. The van der Waals surface area contributed by atoms with Crippen molar-refractivity contribution in [3.63, 3.8) is 0 Å². The quantitative estimate of drug-likeness (QED) is 0.350. The number of aliphatic hydroxyl groups is 1. The van der Waals surface area contributed by atoms with Crippen molar-refractivity contribution in [3.05, 3.63) is 57.6 Å². The van der Waals surface area contributed by atoms with Gasteiger partial charge in [0.2, 0.25) is 15.9 Å². The van der Waals surface area contributed by atoms with Crippen LogP contribution in [-0.2, 0) is 20.2 Å². The van der Waals surface area contributed by atoms with Gasteiger partial charge in [0.25, 0.3) is 0 Å². The molecule has 0 radical (unpaired) electrons. The van der Waals surface area contributed by atoms with E-state index in [9.17, 15) is 18.3 Å². The molecular weight excluding hydrogens is 549 g/mol. The van der Waals surface area contributed by atoms with Gasteiger partial charge in [0, 0.05) is 24.1 Å². The van der Waals surface area contributed by atoms with Gasteiger partial charge in [0.15, 0.2) is 5.75 Å². The zero-order chi connectivity index (χ0) is 27.3. The lowest BCUT2D eigenvalue weighted by molar-refractivity contribution is -0.125. The van der Waals surface area contributed by atoms with E-state index in [0.717, 1.165) is 24.3 Å². The Balaban J connectivity index is 2.10. The molecule has 2 aromatic carbocycles. The number of rotatable bonds is 12. The normalized spacial score (nSPS) is 13.7. The number of ether oxygens (including phenoxy) is 2. The second-order valence-corrected chi connectivity index (χ2v) is 12.3. The Kier molecular flexibility index (Phi) is 10.8. The van der Waals surface area contributed by atoms with E-state index in [1.165, 1.54) is 0 Å². The van der Waals surface area contributed by atoms with Crippen LogP contribution in [0.25, 0.3) is 0 Å². The van der Waals surface area contributed by atoms with E-state index < -0.39 is 27.4 Å². The molecule has 0 saturated heterocycles.